The van der Waals surface area contributed by atoms with Gasteiger partial charge in [-0.2, -0.15) is 0 Å². The van der Waals surface area contributed by atoms with Gasteiger partial charge >= 0.3 is 0 Å². The molecule has 1 aromatic carbocycles. The minimum atomic E-state index is -1.48. The lowest BCUT2D eigenvalue weighted by atomic mass is 10.1. The van der Waals surface area contributed by atoms with Crippen LogP contribution in [-0.2, 0) is 9.93 Å². The lowest BCUT2D eigenvalue weighted by Crippen LogP contribution is -2.08. The van der Waals surface area contributed by atoms with Crippen molar-refractivity contribution in [3.05, 3.63) is 34.7 Å². The molecule has 0 aliphatic carbocycles. The Morgan fingerprint density at radius 3 is 2.75 bits per heavy atom. The molecule has 0 amide bonds. The molecule has 1 aromatic heterocycles. The van der Waals surface area contributed by atoms with Crippen molar-refractivity contribution in [2.75, 3.05) is 13.7 Å². The zero-order valence-electron chi connectivity index (χ0n) is 11.6. The number of benzene rings is 1. The number of alkyl halides is 1. The van der Waals surface area contributed by atoms with Crippen LogP contribution in [0.4, 0.5) is 4.39 Å². The summed E-state index contributed by atoms with van der Waals surface area (Å²) in [5.74, 6) is 0. The monoisotopic (exact) mass is 316 g/mol. The van der Waals surface area contributed by atoms with E-state index in [1.165, 1.54) is 18.3 Å². The molecule has 2 atom stereocenters. The molecule has 0 bridgehead atoms. The summed E-state index contributed by atoms with van der Waals surface area (Å²) >= 11 is 1.41. The van der Waals surface area contributed by atoms with Crippen LogP contribution in [0.25, 0.3) is 10.1 Å². The third kappa shape index (κ3) is 4.06. The molecular weight excluding hydrogens is 298 g/mol. The number of fused-ring (bicyclic) bond motifs is 1. The largest absolute Gasteiger partial charge is 0.400 e. The Labute approximate surface area is 123 Å². The summed E-state index contributed by atoms with van der Waals surface area (Å²) in [6.45, 7) is 3.88. The van der Waals surface area contributed by atoms with E-state index in [4.69, 9.17) is 9.63 Å². The van der Waals surface area contributed by atoms with Gasteiger partial charge in [-0.15, -0.1) is 11.3 Å². The van der Waals surface area contributed by atoms with Crippen molar-refractivity contribution < 1.29 is 18.8 Å². The van der Waals surface area contributed by atoms with E-state index in [2.05, 4.69) is 0 Å². The molecule has 2 unspecified atom stereocenters. The van der Waals surface area contributed by atoms with Crippen molar-refractivity contribution in [3.63, 3.8) is 0 Å². The van der Waals surface area contributed by atoms with Crippen LogP contribution in [0.5, 0.6) is 0 Å². The average Bonchev–Trinajstić information content (AvgIpc) is 2.89. The number of hydrogen-bond acceptors (Lipinski definition) is 4. The number of aliphatic hydroxyl groups excluding tert-OH is 1. The molecule has 110 valence electrons. The zero-order valence-corrected chi connectivity index (χ0v) is 13.5. The third-order valence-electron chi connectivity index (χ3n) is 2.60. The highest BCUT2D eigenvalue weighted by Gasteiger charge is 2.26. The molecule has 0 radical (unpaired) electrons. The number of thiophene rings is 1. The van der Waals surface area contributed by atoms with Crippen molar-refractivity contribution in [3.8, 4) is 0 Å². The number of aliphatic hydroxyl groups is 1. The second-order valence-corrected chi connectivity index (χ2v) is 6.60. The van der Waals surface area contributed by atoms with E-state index in [1.54, 1.807) is 18.2 Å². The van der Waals surface area contributed by atoms with Crippen LogP contribution in [-0.4, -0.2) is 25.1 Å². The SMILES string of the molecule is CCOPC(C)(F)c1ccc2sc(C=O)cc2c1.CO. The van der Waals surface area contributed by atoms with Gasteiger partial charge in [0.15, 0.2) is 11.7 Å². The van der Waals surface area contributed by atoms with Crippen molar-refractivity contribution in [1.82, 2.24) is 0 Å². The highest BCUT2D eigenvalue weighted by atomic mass is 32.1. The van der Waals surface area contributed by atoms with Crippen molar-refractivity contribution in [1.29, 1.82) is 0 Å². The maximum Gasteiger partial charge on any atom is 0.173 e. The maximum atomic E-state index is 14.4. The van der Waals surface area contributed by atoms with E-state index >= 15 is 0 Å². The molecule has 0 spiro atoms. The van der Waals surface area contributed by atoms with Gasteiger partial charge in [0.1, 0.15) is 0 Å². The van der Waals surface area contributed by atoms with E-state index in [9.17, 15) is 9.18 Å². The minimum Gasteiger partial charge on any atom is -0.400 e. The van der Waals surface area contributed by atoms with E-state index < -0.39 is 5.41 Å². The Morgan fingerprint density at radius 1 is 1.45 bits per heavy atom. The highest BCUT2D eigenvalue weighted by molar-refractivity contribution is 7.33. The van der Waals surface area contributed by atoms with Gasteiger partial charge in [0.2, 0.25) is 0 Å². The summed E-state index contributed by atoms with van der Waals surface area (Å²) in [5, 5.41) is 6.43. The normalized spacial score (nSPS) is 14.1. The molecule has 0 saturated carbocycles. The number of hydrogen-bond donors (Lipinski definition) is 1. The zero-order chi connectivity index (χ0) is 15.2. The maximum absolute atomic E-state index is 14.4. The van der Waals surface area contributed by atoms with Crippen LogP contribution in [0.15, 0.2) is 24.3 Å². The first-order chi connectivity index (χ1) is 9.56. The summed E-state index contributed by atoms with van der Waals surface area (Å²) in [6, 6.07) is 7.21. The van der Waals surface area contributed by atoms with E-state index in [0.29, 0.717) is 17.0 Å². The molecule has 2 rings (SSSR count). The van der Waals surface area contributed by atoms with Crippen molar-refractivity contribution in [2.24, 2.45) is 0 Å². The smallest absolute Gasteiger partial charge is 0.173 e. The Balaban J connectivity index is 0.000000956. The molecule has 0 saturated heterocycles. The van der Waals surface area contributed by atoms with Gasteiger partial charge in [-0.25, -0.2) is 4.39 Å². The van der Waals surface area contributed by atoms with E-state index in [0.717, 1.165) is 23.5 Å². The number of carbonyl (C=O) groups is 1. The van der Waals surface area contributed by atoms with Gasteiger partial charge in [-0.1, -0.05) is 6.07 Å². The van der Waals surface area contributed by atoms with E-state index in [-0.39, 0.29) is 8.81 Å². The van der Waals surface area contributed by atoms with Crippen molar-refractivity contribution in [2.45, 2.75) is 19.3 Å². The second-order valence-electron chi connectivity index (χ2n) is 4.06. The summed E-state index contributed by atoms with van der Waals surface area (Å²) in [5.41, 5.74) is 0.594. The fourth-order valence-corrected chi connectivity index (χ4v) is 3.23. The van der Waals surface area contributed by atoms with Crippen LogP contribution in [0.1, 0.15) is 29.1 Å². The van der Waals surface area contributed by atoms with Crippen LogP contribution in [0.2, 0.25) is 0 Å². The summed E-state index contributed by atoms with van der Waals surface area (Å²) < 4.78 is 20.6. The quantitative estimate of drug-likeness (QED) is 0.667. The summed E-state index contributed by atoms with van der Waals surface area (Å²) in [7, 11) is 0.782. The molecule has 0 aliphatic heterocycles. The molecule has 1 N–H and O–H groups in total. The second kappa shape index (κ2) is 7.79. The predicted octanol–water partition coefficient (Wildman–Crippen LogP) is 4.09. The van der Waals surface area contributed by atoms with Crippen molar-refractivity contribution >= 4 is 36.5 Å². The van der Waals surface area contributed by atoms with Gasteiger partial charge in [0.25, 0.3) is 0 Å². The topological polar surface area (TPSA) is 46.5 Å². The third-order valence-corrected chi connectivity index (χ3v) is 4.75. The lowest BCUT2D eigenvalue weighted by molar-refractivity contribution is 0.112. The van der Waals surface area contributed by atoms with Crippen LogP contribution < -0.4 is 0 Å². The summed E-state index contributed by atoms with van der Waals surface area (Å²) in [4.78, 5) is 11.4. The first-order valence-corrected chi connectivity index (χ1v) is 7.81. The molecular formula is C14H18FO3PS. The first-order valence-electron chi connectivity index (χ1n) is 6.08. The minimum absolute atomic E-state index is 0.218. The Kier molecular flexibility index (Phi) is 6.69. The molecule has 20 heavy (non-hydrogen) atoms. The predicted molar refractivity (Wildman–Crippen MR) is 83.8 cm³/mol. The Morgan fingerprint density at radius 2 is 2.15 bits per heavy atom. The fourth-order valence-electron chi connectivity index (χ4n) is 1.68. The molecule has 0 aliphatic rings. The molecule has 0 fully saturated rings. The Hall–Kier alpha value is -0.870. The number of halogens is 1. The fraction of sp³-hybridized carbons (Fsp3) is 0.357. The first kappa shape index (κ1) is 17.2. The van der Waals surface area contributed by atoms with Crippen LogP contribution >= 0.6 is 20.1 Å². The van der Waals surface area contributed by atoms with Gasteiger partial charge in [-0.05, 0) is 43.0 Å². The van der Waals surface area contributed by atoms with E-state index in [1.807, 2.05) is 13.0 Å². The highest BCUT2D eigenvalue weighted by Crippen LogP contribution is 2.44. The molecule has 6 heteroatoms. The number of rotatable bonds is 5. The standard InChI is InChI=1S/C13H14FO2PS.CH4O/c1-3-16-17-13(2,14)10-4-5-12-9(6-10)7-11(8-15)18-12;1-2/h4-8,17H,3H2,1-2H3;2H,1H3. The van der Waals surface area contributed by atoms with Gasteiger partial charge in [0, 0.05) is 18.4 Å². The van der Waals surface area contributed by atoms with Gasteiger partial charge in [0.05, 0.1) is 13.7 Å². The number of aldehydes is 1. The average molecular weight is 316 g/mol. The molecule has 1 heterocycles. The number of carbonyl (C=O) groups excluding carboxylic acids is 1. The van der Waals surface area contributed by atoms with Gasteiger partial charge < -0.3 is 9.63 Å². The van der Waals surface area contributed by atoms with Gasteiger partial charge in [-0.3, -0.25) is 4.79 Å². The van der Waals surface area contributed by atoms with Crippen LogP contribution in [0.3, 0.4) is 0 Å². The van der Waals surface area contributed by atoms with Crippen LogP contribution in [0, 0.1) is 0 Å². The molecule has 3 nitrogen and oxygen atoms in total. The molecule has 2 aromatic rings. The lowest BCUT2D eigenvalue weighted by Gasteiger charge is -2.20. The Bertz CT molecular complexity index is 569. The summed E-state index contributed by atoms with van der Waals surface area (Å²) in [6.07, 6.45) is 0.820.